The summed E-state index contributed by atoms with van der Waals surface area (Å²) in [7, 11) is 0. The van der Waals surface area contributed by atoms with Gasteiger partial charge in [-0.3, -0.25) is 9.59 Å². The van der Waals surface area contributed by atoms with Crippen LogP contribution >= 0.6 is 0 Å². The Hall–Kier alpha value is -2.76. The second-order valence-corrected chi connectivity index (χ2v) is 6.67. The molecule has 26 heavy (non-hydrogen) atoms. The van der Waals surface area contributed by atoms with Crippen LogP contribution in [0.15, 0.2) is 36.5 Å². The lowest BCUT2D eigenvalue weighted by Gasteiger charge is -2.20. The number of anilines is 2. The molecule has 1 aromatic heterocycles. The number of halogens is 1. The van der Waals surface area contributed by atoms with Crippen molar-refractivity contribution in [2.24, 2.45) is 5.92 Å². The summed E-state index contributed by atoms with van der Waals surface area (Å²) in [5.41, 5.74) is 1.53. The van der Waals surface area contributed by atoms with Crippen LogP contribution in [0, 0.1) is 18.7 Å². The molecule has 6 heteroatoms. The molecule has 0 aliphatic heterocycles. The van der Waals surface area contributed by atoms with Gasteiger partial charge in [-0.05, 0) is 49.6 Å². The van der Waals surface area contributed by atoms with E-state index in [1.165, 1.54) is 30.8 Å². The highest BCUT2D eigenvalue weighted by atomic mass is 19.1. The van der Waals surface area contributed by atoms with Crippen LogP contribution in [-0.4, -0.2) is 16.8 Å². The number of hydrogen-bond acceptors (Lipinski definition) is 3. The van der Waals surface area contributed by atoms with E-state index in [-0.39, 0.29) is 17.4 Å². The molecular weight excluding hydrogens is 333 g/mol. The normalized spacial score (nSPS) is 14.7. The van der Waals surface area contributed by atoms with Gasteiger partial charge >= 0.3 is 0 Å². The molecule has 1 aliphatic carbocycles. The van der Waals surface area contributed by atoms with Gasteiger partial charge in [0.25, 0.3) is 5.91 Å². The van der Waals surface area contributed by atoms with Crippen LogP contribution in [0.4, 0.5) is 15.9 Å². The van der Waals surface area contributed by atoms with Crippen LogP contribution in [0.2, 0.25) is 0 Å². The van der Waals surface area contributed by atoms with Gasteiger partial charge in [0.05, 0.1) is 11.9 Å². The van der Waals surface area contributed by atoms with Crippen molar-refractivity contribution in [1.29, 1.82) is 0 Å². The summed E-state index contributed by atoms with van der Waals surface area (Å²) < 4.78 is 13.2. The monoisotopic (exact) mass is 355 g/mol. The number of hydrogen-bond donors (Lipinski definition) is 2. The molecule has 0 saturated heterocycles. The summed E-state index contributed by atoms with van der Waals surface area (Å²) >= 11 is 0. The number of nitrogens with zero attached hydrogens (tertiary/aromatic N) is 1. The first-order valence-corrected chi connectivity index (χ1v) is 8.87. The maximum Gasteiger partial charge on any atom is 0.255 e. The number of carbonyl (C=O) groups excluding carboxylic acids is 2. The Bertz CT molecular complexity index is 816. The zero-order valence-corrected chi connectivity index (χ0v) is 14.7. The third-order valence-electron chi connectivity index (χ3n) is 4.67. The minimum absolute atomic E-state index is 0.00754. The Morgan fingerprint density at radius 2 is 1.88 bits per heavy atom. The number of amides is 2. The number of carbonyl (C=O) groups is 2. The fourth-order valence-electron chi connectivity index (χ4n) is 3.17. The van der Waals surface area contributed by atoms with Crippen LogP contribution in [0.3, 0.4) is 0 Å². The predicted octanol–water partition coefficient (Wildman–Crippen LogP) is 4.30. The summed E-state index contributed by atoms with van der Waals surface area (Å²) in [6, 6.07) is 7.21. The van der Waals surface area contributed by atoms with Crippen LogP contribution < -0.4 is 10.6 Å². The van der Waals surface area contributed by atoms with Crippen molar-refractivity contribution < 1.29 is 14.0 Å². The van der Waals surface area contributed by atoms with E-state index in [2.05, 4.69) is 15.6 Å². The summed E-state index contributed by atoms with van der Waals surface area (Å²) in [6.45, 7) is 1.82. The SMILES string of the molecule is Cc1cc(NC(=O)C2CCCCC2)ncc1NC(=O)c1cccc(F)c1. The van der Waals surface area contributed by atoms with Gasteiger partial charge in [0, 0.05) is 11.5 Å². The minimum Gasteiger partial charge on any atom is -0.320 e. The lowest BCUT2D eigenvalue weighted by molar-refractivity contribution is -0.120. The van der Waals surface area contributed by atoms with Gasteiger partial charge in [-0.2, -0.15) is 0 Å². The summed E-state index contributed by atoms with van der Waals surface area (Å²) in [6.07, 6.45) is 6.73. The van der Waals surface area contributed by atoms with Gasteiger partial charge in [0.1, 0.15) is 11.6 Å². The summed E-state index contributed by atoms with van der Waals surface area (Å²) in [4.78, 5) is 28.7. The van der Waals surface area contributed by atoms with Crippen molar-refractivity contribution in [2.75, 3.05) is 10.6 Å². The molecular formula is C20H22FN3O2. The molecule has 5 nitrogen and oxygen atoms in total. The first kappa shape index (κ1) is 18.0. The fourth-order valence-corrected chi connectivity index (χ4v) is 3.17. The van der Waals surface area contributed by atoms with E-state index in [1.54, 1.807) is 12.1 Å². The van der Waals surface area contributed by atoms with E-state index in [1.807, 2.05) is 6.92 Å². The van der Waals surface area contributed by atoms with Crippen molar-refractivity contribution >= 4 is 23.3 Å². The Balaban J connectivity index is 1.65. The van der Waals surface area contributed by atoms with E-state index in [4.69, 9.17) is 0 Å². The van der Waals surface area contributed by atoms with Crippen LogP contribution in [-0.2, 0) is 4.79 Å². The highest BCUT2D eigenvalue weighted by Crippen LogP contribution is 2.25. The van der Waals surface area contributed by atoms with E-state index in [0.717, 1.165) is 31.2 Å². The molecule has 1 fully saturated rings. The predicted molar refractivity (Wildman–Crippen MR) is 98.5 cm³/mol. The quantitative estimate of drug-likeness (QED) is 0.859. The van der Waals surface area contributed by atoms with Crippen molar-refractivity contribution in [2.45, 2.75) is 39.0 Å². The molecule has 3 rings (SSSR count). The molecule has 1 aromatic carbocycles. The number of rotatable bonds is 4. The Kier molecular flexibility index (Phi) is 5.61. The molecule has 1 heterocycles. The lowest BCUT2D eigenvalue weighted by Crippen LogP contribution is -2.25. The summed E-state index contributed by atoms with van der Waals surface area (Å²) in [5.74, 6) is -0.338. The van der Waals surface area contributed by atoms with Crippen LogP contribution in [0.25, 0.3) is 0 Å². The van der Waals surface area contributed by atoms with Gasteiger partial charge in [0.2, 0.25) is 5.91 Å². The maximum atomic E-state index is 13.2. The molecule has 136 valence electrons. The summed E-state index contributed by atoms with van der Waals surface area (Å²) in [5, 5.41) is 5.58. The van der Waals surface area contributed by atoms with Crippen molar-refractivity contribution in [1.82, 2.24) is 4.98 Å². The Morgan fingerprint density at radius 1 is 1.12 bits per heavy atom. The molecule has 2 N–H and O–H groups in total. The van der Waals surface area contributed by atoms with Crippen molar-refractivity contribution in [3.63, 3.8) is 0 Å². The van der Waals surface area contributed by atoms with Crippen LogP contribution in [0.5, 0.6) is 0 Å². The van der Waals surface area contributed by atoms with E-state index < -0.39 is 11.7 Å². The molecule has 1 aliphatic rings. The fraction of sp³-hybridized carbons (Fsp3) is 0.350. The van der Waals surface area contributed by atoms with Gasteiger partial charge in [-0.1, -0.05) is 25.3 Å². The number of benzene rings is 1. The van der Waals surface area contributed by atoms with Gasteiger partial charge in [-0.15, -0.1) is 0 Å². The first-order chi connectivity index (χ1) is 12.5. The van der Waals surface area contributed by atoms with Gasteiger partial charge < -0.3 is 10.6 Å². The van der Waals surface area contributed by atoms with Gasteiger partial charge in [0.15, 0.2) is 0 Å². The average Bonchev–Trinajstić information content (AvgIpc) is 2.64. The zero-order valence-electron chi connectivity index (χ0n) is 14.7. The molecule has 0 spiro atoms. The highest BCUT2D eigenvalue weighted by molar-refractivity contribution is 6.04. The zero-order chi connectivity index (χ0) is 18.5. The largest absolute Gasteiger partial charge is 0.320 e. The number of aromatic nitrogens is 1. The van der Waals surface area contributed by atoms with Crippen molar-refractivity contribution in [3.8, 4) is 0 Å². The average molecular weight is 355 g/mol. The van der Waals surface area contributed by atoms with E-state index in [9.17, 15) is 14.0 Å². The highest BCUT2D eigenvalue weighted by Gasteiger charge is 2.21. The molecule has 1 saturated carbocycles. The van der Waals surface area contributed by atoms with E-state index >= 15 is 0 Å². The molecule has 0 radical (unpaired) electrons. The lowest BCUT2D eigenvalue weighted by atomic mass is 9.89. The van der Waals surface area contributed by atoms with Crippen molar-refractivity contribution in [3.05, 3.63) is 53.5 Å². The molecule has 0 bridgehead atoms. The Morgan fingerprint density at radius 3 is 2.58 bits per heavy atom. The smallest absolute Gasteiger partial charge is 0.255 e. The number of aryl methyl sites for hydroxylation is 1. The second-order valence-electron chi connectivity index (χ2n) is 6.67. The third-order valence-corrected chi connectivity index (χ3v) is 4.67. The molecule has 0 atom stereocenters. The minimum atomic E-state index is -0.465. The van der Waals surface area contributed by atoms with Gasteiger partial charge in [-0.25, -0.2) is 9.37 Å². The second kappa shape index (κ2) is 8.08. The topological polar surface area (TPSA) is 71.1 Å². The third kappa shape index (κ3) is 4.45. The number of pyridine rings is 1. The molecule has 0 unspecified atom stereocenters. The van der Waals surface area contributed by atoms with Crippen LogP contribution in [0.1, 0.15) is 48.0 Å². The van der Waals surface area contributed by atoms with E-state index in [0.29, 0.717) is 11.5 Å². The molecule has 2 aromatic rings. The molecule has 2 amide bonds. The number of nitrogens with one attached hydrogen (secondary N) is 2. The standard InChI is InChI=1S/C20H22FN3O2/c1-13-10-18(24-19(25)14-6-3-2-4-7-14)22-12-17(13)23-20(26)15-8-5-9-16(21)11-15/h5,8-12,14H,2-4,6-7H2,1H3,(H,23,26)(H,22,24,25). The maximum absolute atomic E-state index is 13.2. The Labute approximate surface area is 152 Å². The first-order valence-electron chi connectivity index (χ1n) is 8.87.